The van der Waals surface area contributed by atoms with Crippen LogP contribution in [0.2, 0.25) is 0 Å². The lowest BCUT2D eigenvalue weighted by molar-refractivity contribution is 0.0774. The van der Waals surface area contributed by atoms with Crippen LogP contribution in [0.3, 0.4) is 0 Å². The summed E-state index contributed by atoms with van der Waals surface area (Å²) in [5.74, 6) is 0.787. The van der Waals surface area contributed by atoms with Gasteiger partial charge in [0.25, 0.3) is 0 Å². The second-order valence-corrected chi connectivity index (χ2v) is 3.39. The first-order valence-electron chi connectivity index (χ1n) is 3.75. The van der Waals surface area contributed by atoms with E-state index in [1.54, 1.807) is 6.08 Å². The maximum Gasteiger partial charge on any atom is 0.116 e. The predicted octanol–water partition coefficient (Wildman–Crippen LogP) is 2.81. The van der Waals surface area contributed by atoms with Crippen LogP contribution in [-0.4, -0.2) is 5.60 Å². The summed E-state index contributed by atoms with van der Waals surface area (Å²) < 4.78 is 5.50. The molecule has 0 aromatic rings. The zero-order valence-electron chi connectivity index (χ0n) is 7.18. The molecule has 1 heterocycles. The zero-order valence-corrected chi connectivity index (χ0v) is 7.18. The van der Waals surface area contributed by atoms with E-state index in [4.69, 9.17) is 4.74 Å². The van der Waals surface area contributed by atoms with E-state index in [0.29, 0.717) is 0 Å². The molecule has 11 heavy (non-hydrogen) atoms. The molecule has 1 rings (SSSR count). The molecule has 0 saturated carbocycles. The lowest BCUT2D eigenvalue weighted by Crippen LogP contribution is -2.15. The molecule has 0 N–H and O–H groups in total. The van der Waals surface area contributed by atoms with Gasteiger partial charge < -0.3 is 4.74 Å². The van der Waals surface area contributed by atoms with Crippen LogP contribution in [0.25, 0.3) is 0 Å². The molecule has 60 valence electrons. The van der Waals surface area contributed by atoms with Crippen molar-refractivity contribution >= 4 is 0 Å². The lowest BCUT2D eigenvalue weighted by Gasteiger charge is -2.15. The Balaban J connectivity index is 2.82. The SMILES string of the molecule is C=C/C=C1/CC(C)(C)OC1=C. The molecular weight excluding hydrogens is 136 g/mol. The van der Waals surface area contributed by atoms with Crippen molar-refractivity contribution in [3.05, 3.63) is 36.6 Å². The Labute approximate surface area is 68.1 Å². The van der Waals surface area contributed by atoms with Crippen LogP contribution in [0, 0.1) is 0 Å². The highest BCUT2D eigenvalue weighted by atomic mass is 16.5. The van der Waals surface area contributed by atoms with Gasteiger partial charge in [-0.1, -0.05) is 25.3 Å². The average Bonchev–Trinajstić information content (AvgIpc) is 2.07. The van der Waals surface area contributed by atoms with Gasteiger partial charge in [0.2, 0.25) is 0 Å². The zero-order chi connectivity index (χ0) is 8.48. The minimum Gasteiger partial charge on any atom is -0.488 e. The average molecular weight is 150 g/mol. The van der Waals surface area contributed by atoms with E-state index in [1.165, 1.54) is 0 Å². The summed E-state index contributed by atoms with van der Waals surface area (Å²) in [7, 11) is 0. The number of rotatable bonds is 1. The third-order valence-electron chi connectivity index (χ3n) is 1.69. The summed E-state index contributed by atoms with van der Waals surface area (Å²) in [6.45, 7) is 11.6. The highest BCUT2D eigenvalue weighted by Crippen LogP contribution is 2.35. The van der Waals surface area contributed by atoms with Crippen LogP contribution in [0.15, 0.2) is 36.6 Å². The third-order valence-corrected chi connectivity index (χ3v) is 1.69. The van der Waals surface area contributed by atoms with Crippen LogP contribution < -0.4 is 0 Å². The van der Waals surface area contributed by atoms with E-state index in [0.717, 1.165) is 17.8 Å². The van der Waals surface area contributed by atoms with Gasteiger partial charge in [0.15, 0.2) is 0 Å². The summed E-state index contributed by atoms with van der Waals surface area (Å²) in [5, 5.41) is 0. The van der Waals surface area contributed by atoms with Gasteiger partial charge in [0.05, 0.1) is 0 Å². The van der Waals surface area contributed by atoms with Crippen molar-refractivity contribution in [2.75, 3.05) is 0 Å². The van der Waals surface area contributed by atoms with E-state index in [1.807, 2.05) is 6.08 Å². The molecular formula is C10H14O. The Bertz CT molecular complexity index is 221. The van der Waals surface area contributed by atoms with Gasteiger partial charge in [0, 0.05) is 6.42 Å². The van der Waals surface area contributed by atoms with Crippen molar-refractivity contribution in [2.45, 2.75) is 25.9 Å². The molecule has 1 heteroatoms. The van der Waals surface area contributed by atoms with Gasteiger partial charge in [-0.25, -0.2) is 0 Å². The molecule has 1 aliphatic rings. The fraction of sp³-hybridized carbons (Fsp3) is 0.400. The van der Waals surface area contributed by atoms with Crippen LogP contribution in [0.1, 0.15) is 20.3 Å². The van der Waals surface area contributed by atoms with Crippen molar-refractivity contribution in [3.8, 4) is 0 Å². The molecule has 0 aromatic carbocycles. The van der Waals surface area contributed by atoms with E-state index in [9.17, 15) is 0 Å². The van der Waals surface area contributed by atoms with E-state index >= 15 is 0 Å². The molecule has 0 aliphatic carbocycles. The first-order valence-corrected chi connectivity index (χ1v) is 3.75. The predicted molar refractivity (Wildman–Crippen MR) is 47.2 cm³/mol. The Morgan fingerprint density at radius 2 is 2.18 bits per heavy atom. The van der Waals surface area contributed by atoms with Crippen molar-refractivity contribution in [1.29, 1.82) is 0 Å². The number of hydrogen-bond donors (Lipinski definition) is 0. The highest BCUT2D eigenvalue weighted by Gasteiger charge is 2.30. The summed E-state index contributed by atoms with van der Waals surface area (Å²) in [6, 6.07) is 0. The van der Waals surface area contributed by atoms with Crippen molar-refractivity contribution < 1.29 is 4.74 Å². The van der Waals surface area contributed by atoms with E-state index in [-0.39, 0.29) is 5.60 Å². The smallest absolute Gasteiger partial charge is 0.116 e. The molecule has 0 radical (unpaired) electrons. The molecule has 0 unspecified atom stereocenters. The Kier molecular flexibility index (Phi) is 1.90. The Morgan fingerprint density at radius 1 is 1.55 bits per heavy atom. The maximum atomic E-state index is 5.50. The molecule has 1 nitrogen and oxygen atoms in total. The number of allylic oxidation sites excluding steroid dienone is 3. The topological polar surface area (TPSA) is 9.23 Å². The van der Waals surface area contributed by atoms with E-state index < -0.39 is 0 Å². The van der Waals surface area contributed by atoms with Crippen LogP contribution >= 0.6 is 0 Å². The molecule has 1 saturated heterocycles. The fourth-order valence-electron chi connectivity index (χ4n) is 1.29. The fourth-order valence-corrected chi connectivity index (χ4v) is 1.29. The minimum atomic E-state index is -0.0775. The largest absolute Gasteiger partial charge is 0.488 e. The first kappa shape index (κ1) is 8.12. The second kappa shape index (κ2) is 2.57. The Morgan fingerprint density at radius 3 is 2.55 bits per heavy atom. The quantitative estimate of drug-likeness (QED) is 0.558. The normalized spacial score (nSPS) is 25.3. The first-order chi connectivity index (χ1) is 5.05. The molecule has 0 bridgehead atoms. The van der Waals surface area contributed by atoms with Crippen molar-refractivity contribution in [1.82, 2.24) is 0 Å². The highest BCUT2D eigenvalue weighted by molar-refractivity contribution is 5.32. The molecule has 0 aromatic heterocycles. The third kappa shape index (κ3) is 1.73. The van der Waals surface area contributed by atoms with Crippen molar-refractivity contribution in [3.63, 3.8) is 0 Å². The molecule has 0 spiro atoms. The summed E-state index contributed by atoms with van der Waals surface area (Å²) in [5.41, 5.74) is 1.08. The van der Waals surface area contributed by atoms with Gasteiger partial charge in [-0.2, -0.15) is 0 Å². The molecule has 0 atom stereocenters. The van der Waals surface area contributed by atoms with Crippen molar-refractivity contribution in [2.24, 2.45) is 0 Å². The molecule has 1 aliphatic heterocycles. The van der Waals surface area contributed by atoms with Gasteiger partial charge in [-0.3, -0.25) is 0 Å². The van der Waals surface area contributed by atoms with Gasteiger partial charge >= 0.3 is 0 Å². The molecule has 0 amide bonds. The minimum absolute atomic E-state index is 0.0775. The molecule has 1 fully saturated rings. The van der Waals surface area contributed by atoms with Crippen LogP contribution in [0.5, 0.6) is 0 Å². The maximum absolute atomic E-state index is 5.50. The number of hydrogen-bond acceptors (Lipinski definition) is 1. The van der Waals surface area contributed by atoms with Gasteiger partial charge in [-0.05, 0) is 19.4 Å². The number of ether oxygens (including phenoxy) is 1. The summed E-state index contributed by atoms with van der Waals surface area (Å²) in [4.78, 5) is 0. The second-order valence-electron chi connectivity index (χ2n) is 3.39. The van der Waals surface area contributed by atoms with Gasteiger partial charge in [-0.15, -0.1) is 0 Å². The standard InChI is InChI=1S/C10H14O/c1-5-6-9-7-10(3,4)11-8(9)2/h5-6H,1-2,7H2,3-4H3/b9-6-. The van der Waals surface area contributed by atoms with Gasteiger partial charge in [0.1, 0.15) is 11.4 Å². The Hall–Kier alpha value is -0.980. The summed E-state index contributed by atoms with van der Waals surface area (Å²) in [6.07, 6.45) is 4.65. The van der Waals surface area contributed by atoms with E-state index in [2.05, 4.69) is 27.0 Å². The van der Waals surface area contributed by atoms with Crippen LogP contribution in [0.4, 0.5) is 0 Å². The monoisotopic (exact) mass is 150 g/mol. The van der Waals surface area contributed by atoms with Crippen LogP contribution in [-0.2, 0) is 4.74 Å². The summed E-state index contributed by atoms with van der Waals surface area (Å²) >= 11 is 0. The lowest BCUT2D eigenvalue weighted by atomic mass is 10.0.